The van der Waals surface area contributed by atoms with Gasteiger partial charge in [-0.2, -0.15) is 0 Å². The second-order valence-corrected chi connectivity index (χ2v) is 5.32. The fourth-order valence-electron chi connectivity index (χ4n) is 2.61. The van der Waals surface area contributed by atoms with Crippen LogP contribution >= 0.6 is 0 Å². The number of carboxylic acids is 1. The summed E-state index contributed by atoms with van der Waals surface area (Å²) in [5.74, 6) is 0.221. The Hall–Kier alpha value is -2.44. The van der Waals surface area contributed by atoms with Gasteiger partial charge < -0.3 is 24.2 Å². The van der Waals surface area contributed by atoms with Crippen LogP contribution < -0.4 is 14.2 Å². The number of hydrogen-bond acceptors (Lipinski definition) is 5. The van der Waals surface area contributed by atoms with Crippen LogP contribution in [-0.4, -0.2) is 48.4 Å². The molecule has 0 aliphatic carbocycles. The molecule has 0 bridgehead atoms. The van der Waals surface area contributed by atoms with Crippen LogP contribution in [0.5, 0.6) is 17.2 Å². The molecule has 2 aliphatic heterocycles. The first-order valence-electron chi connectivity index (χ1n) is 7.16. The second-order valence-electron chi connectivity index (χ2n) is 5.32. The van der Waals surface area contributed by atoms with E-state index in [1.807, 2.05) is 0 Å². The quantitative estimate of drug-likeness (QED) is 0.897. The Morgan fingerprint density at radius 2 is 2.14 bits per heavy atom. The molecule has 7 heteroatoms. The van der Waals surface area contributed by atoms with Crippen molar-refractivity contribution >= 4 is 11.9 Å². The molecule has 7 nitrogen and oxygen atoms in total. The van der Waals surface area contributed by atoms with E-state index in [0.29, 0.717) is 36.6 Å². The highest BCUT2D eigenvalue weighted by Gasteiger charge is 2.28. The molecule has 1 atom stereocenters. The van der Waals surface area contributed by atoms with E-state index >= 15 is 0 Å². The third-order valence-electron chi connectivity index (χ3n) is 3.83. The molecule has 1 aromatic carbocycles. The number of piperidine rings is 1. The average molecular weight is 307 g/mol. The van der Waals surface area contributed by atoms with Crippen LogP contribution in [0.1, 0.15) is 12.8 Å². The average Bonchev–Trinajstić information content (AvgIpc) is 3.00. The Bertz CT molecular complexity index is 587. The van der Waals surface area contributed by atoms with E-state index in [1.165, 1.54) is 0 Å². The van der Waals surface area contributed by atoms with Gasteiger partial charge in [-0.05, 0) is 25.0 Å². The highest BCUT2D eigenvalue weighted by atomic mass is 16.7. The summed E-state index contributed by atoms with van der Waals surface area (Å²) in [5, 5.41) is 9.04. The Morgan fingerprint density at radius 3 is 2.95 bits per heavy atom. The van der Waals surface area contributed by atoms with Crippen LogP contribution in [-0.2, 0) is 9.59 Å². The number of hydrogen-bond donors (Lipinski definition) is 1. The van der Waals surface area contributed by atoms with Gasteiger partial charge >= 0.3 is 5.97 Å². The van der Waals surface area contributed by atoms with Crippen molar-refractivity contribution in [3.8, 4) is 17.2 Å². The first-order valence-corrected chi connectivity index (χ1v) is 7.16. The smallest absolute Gasteiger partial charge is 0.308 e. The highest BCUT2D eigenvalue weighted by Crippen LogP contribution is 2.35. The second kappa shape index (κ2) is 6.13. The summed E-state index contributed by atoms with van der Waals surface area (Å²) >= 11 is 0. The Balaban J connectivity index is 1.54. The molecule has 0 radical (unpaired) electrons. The van der Waals surface area contributed by atoms with Crippen molar-refractivity contribution in [1.82, 2.24) is 4.90 Å². The fourth-order valence-corrected chi connectivity index (χ4v) is 2.61. The minimum atomic E-state index is -0.853. The van der Waals surface area contributed by atoms with Gasteiger partial charge in [0.25, 0.3) is 5.91 Å². The van der Waals surface area contributed by atoms with Crippen LogP contribution in [0.25, 0.3) is 0 Å². The number of likely N-dealkylation sites (tertiary alicyclic amines) is 1. The molecule has 1 fully saturated rings. The first-order chi connectivity index (χ1) is 10.6. The van der Waals surface area contributed by atoms with Crippen LogP contribution in [0, 0.1) is 5.92 Å². The number of ether oxygens (including phenoxy) is 3. The van der Waals surface area contributed by atoms with E-state index in [-0.39, 0.29) is 25.9 Å². The van der Waals surface area contributed by atoms with Gasteiger partial charge in [-0.3, -0.25) is 9.59 Å². The standard InChI is InChI=1S/C15H17NO6/c17-14(16-5-1-2-10(7-16)15(18)19)8-20-11-3-4-12-13(6-11)22-9-21-12/h3-4,6,10H,1-2,5,7-9H2,(H,18,19)/t10-/m1/s1. The summed E-state index contributed by atoms with van der Waals surface area (Å²) in [6.07, 6.45) is 1.31. The lowest BCUT2D eigenvalue weighted by atomic mass is 9.98. The molecule has 0 aromatic heterocycles. The summed E-state index contributed by atoms with van der Waals surface area (Å²) in [5.41, 5.74) is 0. The van der Waals surface area contributed by atoms with Crippen molar-refractivity contribution < 1.29 is 28.9 Å². The van der Waals surface area contributed by atoms with Crippen LogP contribution in [0.4, 0.5) is 0 Å². The van der Waals surface area contributed by atoms with Gasteiger partial charge in [-0.1, -0.05) is 0 Å². The molecule has 0 saturated carbocycles. The molecular weight excluding hydrogens is 290 g/mol. The van der Waals surface area contributed by atoms with Gasteiger partial charge in [-0.25, -0.2) is 0 Å². The SMILES string of the molecule is O=C(O)[C@@H]1CCCN(C(=O)COc2ccc3c(c2)OCO3)C1. The fraction of sp³-hybridized carbons (Fsp3) is 0.467. The maximum atomic E-state index is 12.1. The maximum absolute atomic E-state index is 12.1. The number of fused-ring (bicyclic) bond motifs is 1. The third-order valence-corrected chi connectivity index (χ3v) is 3.83. The Morgan fingerprint density at radius 1 is 1.32 bits per heavy atom. The van der Waals surface area contributed by atoms with Crippen molar-refractivity contribution in [2.45, 2.75) is 12.8 Å². The van der Waals surface area contributed by atoms with E-state index in [1.54, 1.807) is 23.1 Å². The van der Waals surface area contributed by atoms with Crippen molar-refractivity contribution in [3.05, 3.63) is 18.2 Å². The number of carboxylic acid groups (broad SMARTS) is 1. The number of carbonyl (C=O) groups excluding carboxylic acids is 1. The molecule has 3 rings (SSSR count). The van der Waals surface area contributed by atoms with E-state index in [0.717, 1.165) is 0 Å². The van der Waals surface area contributed by atoms with Crippen molar-refractivity contribution in [3.63, 3.8) is 0 Å². The van der Waals surface area contributed by atoms with Gasteiger partial charge in [0, 0.05) is 19.2 Å². The van der Waals surface area contributed by atoms with E-state index in [2.05, 4.69) is 0 Å². The lowest BCUT2D eigenvalue weighted by molar-refractivity contribution is -0.146. The molecule has 2 aliphatic rings. The highest BCUT2D eigenvalue weighted by molar-refractivity contribution is 5.79. The molecular formula is C15H17NO6. The molecule has 22 heavy (non-hydrogen) atoms. The number of carbonyl (C=O) groups is 2. The zero-order valence-corrected chi connectivity index (χ0v) is 12.0. The van der Waals surface area contributed by atoms with Gasteiger partial charge in [-0.15, -0.1) is 0 Å². The minimum Gasteiger partial charge on any atom is -0.484 e. The molecule has 2 heterocycles. The summed E-state index contributed by atoms with van der Waals surface area (Å²) in [6, 6.07) is 5.10. The number of benzene rings is 1. The predicted octanol–water partition coefficient (Wildman–Crippen LogP) is 1.12. The molecule has 0 spiro atoms. The van der Waals surface area contributed by atoms with E-state index in [4.69, 9.17) is 19.3 Å². The Labute approximate surface area is 127 Å². The molecule has 1 aromatic rings. The summed E-state index contributed by atoms with van der Waals surface area (Å²) in [4.78, 5) is 24.7. The van der Waals surface area contributed by atoms with Crippen molar-refractivity contribution in [2.24, 2.45) is 5.92 Å². The van der Waals surface area contributed by atoms with Gasteiger partial charge in [0.05, 0.1) is 5.92 Å². The van der Waals surface area contributed by atoms with E-state index < -0.39 is 11.9 Å². The molecule has 0 unspecified atom stereocenters. The van der Waals surface area contributed by atoms with Crippen molar-refractivity contribution in [1.29, 1.82) is 0 Å². The summed E-state index contributed by atoms with van der Waals surface area (Å²) in [7, 11) is 0. The lowest BCUT2D eigenvalue weighted by Gasteiger charge is -2.30. The number of aliphatic carboxylic acids is 1. The molecule has 1 amide bonds. The number of rotatable bonds is 4. The zero-order valence-electron chi connectivity index (χ0n) is 12.0. The number of nitrogens with zero attached hydrogens (tertiary/aromatic N) is 1. The minimum absolute atomic E-state index is 0.119. The van der Waals surface area contributed by atoms with Gasteiger partial charge in [0.15, 0.2) is 18.1 Å². The van der Waals surface area contributed by atoms with Crippen LogP contribution in [0.15, 0.2) is 18.2 Å². The molecule has 1 saturated heterocycles. The summed E-state index contributed by atoms with van der Waals surface area (Å²) in [6.45, 7) is 0.889. The Kier molecular flexibility index (Phi) is 4.04. The van der Waals surface area contributed by atoms with E-state index in [9.17, 15) is 9.59 Å². The van der Waals surface area contributed by atoms with Gasteiger partial charge in [0.2, 0.25) is 6.79 Å². The molecule has 1 N–H and O–H groups in total. The van der Waals surface area contributed by atoms with Gasteiger partial charge in [0.1, 0.15) is 5.75 Å². The molecule has 118 valence electrons. The lowest BCUT2D eigenvalue weighted by Crippen LogP contribution is -2.44. The largest absolute Gasteiger partial charge is 0.484 e. The first kappa shape index (κ1) is 14.5. The third kappa shape index (κ3) is 3.08. The normalized spacial score (nSPS) is 19.8. The monoisotopic (exact) mass is 307 g/mol. The summed E-state index contributed by atoms with van der Waals surface area (Å²) < 4.78 is 15.9. The maximum Gasteiger partial charge on any atom is 0.308 e. The zero-order chi connectivity index (χ0) is 15.5. The topological polar surface area (TPSA) is 85.3 Å². The van der Waals surface area contributed by atoms with Crippen molar-refractivity contribution in [2.75, 3.05) is 26.5 Å². The number of amides is 1. The predicted molar refractivity (Wildman–Crippen MR) is 75.0 cm³/mol. The van der Waals surface area contributed by atoms with Crippen LogP contribution in [0.3, 0.4) is 0 Å². The van der Waals surface area contributed by atoms with Crippen LogP contribution in [0.2, 0.25) is 0 Å².